The van der Waals surface area contributed by atoms with Crippen LogP contribution in [0.2, 0.25) is 0 Å². The molecule has 0 N–H and O–H groups in total. The van der Waals surface area contributed by atoms with Crippen LogP contribution in [0.25, 0.3) is 0 Å². The number of aromatic nitrogens is 2. The van der Waals surface area contributed by atoms with E-state index in [1.165, 1.54) is 0 Å². The number of halogens is 1. The third-order valence-corrected chi connectivity index (χ3v) is 5.80. The Labute approximate surface area is 182 Å². The number of amides is 1. The number of carbonyl (C=O) groups excluding carboxylic acids is 3. The van der Waals surface area contributed by atoms with Crippen LogP contribution < -0.4 is 0 Å². The Morgan fingerprint density at radius 2 is 1.83 bits per heavy atom. The lowest BCUT2D eigenvalue weighted by Gasteiger charge is -2.27. The molecule has 0 saturated carbocycles. The van der Waals surface area contributed by atoms with Crippen molar-refractivity contribution in [2.24, 2.45) is 5.92 Å². The van der Waals surface area contributed by atoms with Crippen LogP contribution in [0.4, 0.5) is 0 Å². The van der Waals surface area contributed by atoms with E-state index >= 15 is 0 Å². The Balaban J connectivity index is 1.66. The zero-order chi connectivity index (χ0) is 21.1. The number of imidazole rings is 1. The van der Waals surface area contributed by atoms with Gasteiger partial charge in [0.15, 0.2) is 5.78 Å². The quantitative estimate of drug-likeness (QED) is 0.303. The standard InChI is InChI=1S/C23H20BrN3O3/c24-18-9-4-8-17(14-18)20-19(21(28)16-6-2-1-3-7-16)22(29)23(30)27(20)12-5-11-26-13-10-25-15-26/h1-4,6-10,13-15,19-20H,5,11-12H2. The average molecular weight is 466 g/mol. The summed E-state index contributed by atoms with van der Waals surface area (Å²) in [6, 6.07) is 15.5. The molecule has 2 unspecified atom stereocenters. The van der Waals surface area contributed by atoms with Crippen molar-refractivity contribution in [2.45, 2.75) is 19.0 Å². The summed E-state index contributed by atoms with van der Waals surface area (Å²) < 4.78 is 2.75. The number of aryl methyl sites for hydroxylation is 1. The normalized spacial score (nSPS) is 18.8. The van der Waals surface area contributed by atoms with Crippen molar-refractivity contribution in [1.82, 2.24) is 14.5 Å². The van der Waals surface area contributed by atoms with E-state index in [2.05, 4.69) is 20.9 Å². The van der Waals surface area contributed by atoms with Gasteiger partial charge in [0.1, 0.15) is 5.92 Å². The smallest absolute Gasteiger partial charge is 0.291 e. The first kappa shape index (κ1) is 20.2. The molecule has 0 spiro atoms. The molecule has 0 radical (unpaired) electrons. The van der Waals surface area contributed by atoms with E-state index in [0.717, 1.165) is 10.0 Å². The van der Waals surface area contributed by atoms with Crippen molar-refractivity contribution in [1.29, 1.82) is 0 Å². The molecule has 3 aromatic rings. The highest BCUT2D eigenvalue weighted by atomic mass is 79.9. The van der Waals surface area contributed by atoms with Crippen molar-refractivity contribution in [3.05, 3.63) is 88.9 Å². The summed E-state index contributed by atoms with van der Waals surface area (Å²) in [6.07, 6.45) is 5.91. The number of benzene rings is 2. The van der Waals surface area contributed by atoms with Crippen LogP contribution in [0.3, 0.4) is 0 Å². The first-order valence-electron chi connectivity index (χ1n) is 9.71. The first-order chi connectivity index (χ1) is 14.6. The monoisotopic (exact) mass is 465 g/mol. The van der Waals surface area contributed by atoms with E-state index in [9.17, 15) is 14.4 Å². The summed E-state index contributed by atoms with van der Waals surface area (Å²) in [4.78, 5) is 44.7. The Morgan fingerprint density at radius 1 is 1.03 bits per heavy atom. The maximum atomic E-state index is 13.3. The summed E-state index contributed by atoms with van der Waals surface area (Å²) in [5.41, 5.74) is 1.20. The summed E-state index contributed by atoms with van der Waals surface area (Å²) in [5.74, 6) is -2.62. The second-order valence-electron chi connectivity index (χ2n) is 7.22. The Morgan fingerprint density at radius 3 is 2.53 bits per heavy atom. The molecular weight excluding hydrogens is 446 g/mol. The number of nitrogens with zero attached hydrogens (tertiary/aromatic N) is 3. The van der Waals surface area contributed by atoms with Gasteiger partial charge in [0, 0.05) is 35.5 Å². The molecule has 2 heterocycles. The van der Waals surface area contributed by atoms with Gasteiger partial charge in [-0.15, -0.1) is 0 Å². The number of carbonyl (C=O) groups is 3. The molecule has 1 saturated heterocycles. The van der Waals surface area contributed by atoms with E-state index in [1.54, 1.807) is 41.7 Å². The number of hydrogen-bond acceptors (Lipinski definition) is 4. The first-order valence-corrected chi connectivity index (χ1v) is 10.5. The largest absolute Gasteiger partial charge is 0.337 e. The molecule has 1 aliphatic rings. The van der Waals surface area contributed by atoms with Gasteiger partial charge < -0.3 is 9.47 Å². The van der Waals surface area contributed by atoms with Gasteiger partial charge in [0.2, 0.25) is 5.78 Å². The van der Waals surface area contributed by atoms with Crippen LogP contribution in [-0.4, -0.2) is 38.5 Å². The molecule has 6 nitrogen and oxygen atoms in total. The van der Waals surface area contributed by atoms with E-state index in [-0.39, 0.29) is 5.78 Å². The highest BCUT2D eigenvalue weighted by Crippen LogP contribution is 2.39. The fraction of sp³-hybridized carbons (Fsp3) is 0.217. The Kier molecular flexibility index (Phi) is 5.90. The molecule has 2 atom stereocenters. The lowest BCUT2D eigenvalue weighted by molar-refractivity contribution is -0.140. The molecular formula is C23H20BrN3O3. The fourth-order valence-corrected chi connectivity index (χ4v) is 4.33. The number of rotatable bonds is 7. The lowest BCUT2D eigenvalue weighted by atomic mass is 9.86. The van der Waals surface area contributed by atoms with Gasteiger partial charge in [-0.25, -0.2) is 4.98 Å². The minimum Gasteiger partial charge on any atom is -0.337 e. The van der Waals surface area contributed by atoms with E-state index in [4.69, 9.17) is 0 Å². The third-order valence-electron chi connectivity index (χ3n) is 5.31. The summed E-state index contributed by atoms with van der Waals surface area (Å²) in [6.45, 7) is 1.04. The van der Waals surface area contributed by atoms with Gasteiger partial charge in [-0.1, -0.05) is 58.4 Å². The topological polar surface area (TPSA) is 72.3 Å². The van der Waals surface area contributed by atoms with Crippen LogP contribution >= 0.6 is 15.9 Å². The molecule has 1 aliphatic heterocycles. The Hall–Kier alpha value is -3.06. The van der Waals surface area contributed by atoms with Crippen LogP contribution in [0.15, 0.2) is 77.8 Å². The van der Waals surface area contributed by atoms with Gasteiger partial charge in [-0.3, -0.25) is 14.4 Å². The zero-order valence-corrected chi connectivity index (χ0v) is 17.7. The molecule has 7 heteroatoms. The molecule has 30 heavy (non-hydrogen) atoms. The second kappa shape index (κ2) is 8.75. The van der Waals surface area contributed by atoms with Gasteiger partial charge in [-0.05, 0) is 24.1 Å². The highest BCUT2D eigenvalue weighted by Gasteiger charge is 2.51. The molecule has 4 rings (SSSR count). The van der Waals surface area contributed by atoms with Crippen molar-refractivity contribution in [2.75, 3.05) is 6.54 Å². The Bertz CT molecular complexity index is 1070. The summed E-state index contributed by atoms with van der Waals surface area (Å²) >= 11 is 3.46. The van der Waals surface area contributed by atoms with E-state index in [1.807, 2.05) is 41.1 Å². The SMILES string of the molecule is O=C1C(=O)N(CCCn2ccnc2)C(c2cccc(Br)c2)C1C(=O)c1ccccc1. The van der Waals surface area contributed by atoms with Gasteiger partial charge in [-0.2, -0.15) is 0 Å². The average Bonchev–Trinajstić information content (AvgIpc) is 3.36. The fourth-order valence-electron chi connectivity index (χ4n) is 3.91. The van der Waals surface area contributed by atoms with Crippen LogP contribution in [0.1, 0.15) is 28.4 Å². The van der Waals surface area contributed by atoms with Crippen molar-refractivity contribution in [3.8, 4) is 0 Å². The minimum atomic E-state index is -1.05. The van der Waals surface area contributed by atoms with Gasteiger partial charge in [0.05, 0.1) is 12.4 Å². The van der Waals surface area contributed by atoms with Crippen molar-refractivity contribution < 1.29 is 14.4 Å². The molecule has 152 valence electrons. The number of hydrogen-bond donors (Lipinski definition) is 0. The molecule has 1 aromatic heterocycles. The third kappa shape index (κ3) is 3.98. The predicted molar refractivity (Wildman–Crippen MR) is 115 cm³/mol. The van der Waals surface area contributed by atoms with E-state index < -0.39 is 23.7 Å². The maximum Gasteiger partial charge on any atom is 0.291 e. The van der Waals surface area contributed by atoms with Crippen LogP contribution in [0, 0.1) is 5.92 Å². The van der Waals surface area contributed by atoms with Crippen LogP contribution in [-0.2, 0) is 16.1 Å². The van der Waals surface area contributed by atoms with E-state index in [0.29, 0.717) is 25.1 Å². The minimum absolute atomic E-state index is 0.323. The molecule has 1 fully saturated rings. The highest BCUT2D eigenvalue weighted by molar-refractivity contribution is 9.10. The van der Waals surface area contributed by atoms with Gasteiger partial charge in [0.25, 0.3) is 5.91 Å². The van der Waals surface area contributed by atoms with Crippen LogP contribution in [0.5, 0.6) is 0 Å². The zero-order valence-electron chi connectivity index (χ0n) is 16.1. The molecule has 0 bridgehead atoms. The molecule has 2 aromatic carbocycles. The predicted octanol–water partition coefficient (Wildman–Crippen LogP) is 3.69. The maximum absolute atomic E-state index is 13.3. The van der Waals surface area contributed by atoms with Gasteiger partial charge >= 0.3 is 0 Å². The number of ketones is 2. The number of Topliss-reactive ketones (excluding diaryl/α,β-unsaturated/α-hetero) is 2. The summed E-state index contributed by atoms with van der Waals surface area (Å²) in [5, 5.41) is 0. The second-order valence-corrected chi connectivity index (χ2v) is 8.14. The molecule has 1 amide bonds. The van der Waals surface area contributed by atoms with Crippen molar-refractivity contribution in [3.63, 3.8) is 0 Å². The summed E-state index contributed by atoms with van der Waals surface area (Å²) in [7, 11) is 0. The lowest BCUT2D eigenvalue weighted by Crippen LogP contribution is -2.32. The molecule has 0 aliphatic carbocycles. The van der Waals surface area contributed by atoms with Crippen molar-refractivity contribution >= 4 is 33.4 Å². The number of likely N-dealkylation sites (tertiary alicyclic amines) is 1.